The third-order valence-electron chi connectivity index (χ3n) is 7.01. The van der Waals surface area contributed by atoms with Crippen molar-refractivity contribution in [2.24, 2.45) is 5.92 Å². The average molecular weight is 395 g/mol. The molecule has 0 fully saturated rings. The Bertz CT molecular complexity index is 1380. The zero-order valence-corrected chi connectivity index (χ0v) is 19.8. The minimum Gasteiger partial charge on any atom is -0.0728 e. The lowest BCUT2D eigenvalue weighted by Crippen LogP contribution is -2.22. The van der Waals surface area contributed by atoms with Gasteiger partial charge in [0.05, 0.1) is 0 Å². The normalized spacial score (nSPS) is 17.1. The Kier molecular flexibility index (Phi) is 3.99. The van der Waals surface area contributed by atoms with Crippen LogP contribution in [0, 0.1) is 12.8 Å². The minimum absolute atomic E-state index is 0.124. The lowest BCUT2D eigenvalue weighted by molar-refractivity contribution is 0.578. The van der Waals surface area contributed by atoms with Gasteiger partial charge in [-0.25, -0.2) is 0 Å². The zero-order valence-electron chi connectivity index (χ0n) is 19.8. The second-order valence-corrected chi connectivity index (χ2v) is 11.7. The van der Waals surface area contributed by atoms with Crippen LogP contribution in [0.4, 0.5) is 0 Å². The highest BCUT2D eigenvalue weighted by molar-refractivity contribution is 6.23. The molecule has 0 aromatic heterocycles. The summed E-state index contributed by atoms with van der Waals surface area (Å²) >= 11 is 0. The molecule has 30 heavy (non-hydrogen) atoms. The molecule has 0 spiro atoms. The molecule has 0 radical (unpaired) electrons. The maximum Gasteiger partial charge on any atom is -0.00233 e. The van der Waals surface area contributed by atoms with Gasteiger partial charge >= 0.3 is 0 Å². The van der Waals surface area contributed by atoms with Crippen molar-refractivity contribution in [2.75, 3.05) is 0 Å². The highest BCUT2D eigenvalue weighted by atomic mass is 14.3. The molecule has 1 aliphatic rings. The number of hydrogen-bond donors (Lipinski definition) is 0. The van der Waals surface area contributed by atoms with Crippen molar-refractivity contribution >= 4 is 38.4 Å². The number of rotatable bonds is 0. The summed E-state index contributed by atoms with van der Waals surface area (Å²) in [5.41, 5.74) is 6.17. The van der Waals surface area contributed by atoms with E-state index in [0.717, 1.165) is 6.42 Å². The summed E-state index contributed by atoms with van der Waals surface area (Å²) in [5.74, 6) is 0.562. The predicted octanol–water partition coefficient (Wildman–Crippen LogP) is 7.74. The van der Waals surface area contributed by atoms with Gasteiger partial charge in [0.25, 0.3) is 0 Å². The molecule has 1 atom stereocenters. The molecule has 4 aromatic carbocycles. The van der Waals surface area contributed by atoms with Crippen molar-refractivity contribution in [3.63, 3.8) is 0 Å². The minimum atomic E-state index is 0.124. The number of fused-ring (bicyclic) bond motifs is 2. The molecule has 0 nitrogen and oxygen atoms in total. The molecule has 0 heteroatoms. The van der Waals surface area contributed by atoms with Crippen LogP contribution in [0.1, 0.15) is 70.7 Å². The molecule has 0 aliphatic heterocycles. The molecular formula is C30H34. The van der Waals surface area contributed by atoms with E-state index < -0.39 is 0 Å². The first-order chi connectivity index (χ1) is 14.0. The molecule has 0 bridgehead atoms. The molecule has 1 aliphatic carbocycles. The van der Waals surface area contributed by atoms with Crippen LogP contribution >= 0.6 is 0 Å². The van der Waals surface area contributed by atoms with E-state index in [1.807, 2.05) is 0 Å². The van der Waals surface area contributed by atoms with Crippen LogP contribution in [0.25, 0.3) is 38.4 Å². The van der Waals surface area contributed by atoms with E-state index in [4.69, 9.17) is 0 Å². The molecule has 0 N–H and O–H groups in total. The fourth-order valence-corrected chi connectivity index (χ4v) is 5.79. The van der Waals surface area contributed by atoms with Crippen molar-refractivity contribution in [3.05, 3.63) is 63.9 Å². The second kappa shape index (κ2) is 6.10. The molecule has 1 unspecified atom stereocenters. The zero-order chi connectivity index (χ0) is 21.6. The summed E-state index contributed by atoms with van der Waals surface area (Å²) in [6, 6.07) is 14.4. The maximum absolute atomic E-state index is 2.54. The van der Waals surface area contributed by atoms with Crippen molar-refractivity contribution in [1.29, 1.82) is 0 Å². The quantitative estimate of drug-likeness (QED) is 0.211. The molecule has 154 valence electrons. The van der Waals surface area contributed by atoms with Gasteiger partial charge in [-0.1, -0.05) is 90.9 Å². The Balaban J connectivity index is 2.10. The van der Waals surface area contributed by atoms with Crippen molar-refractivity contribution in [2.45, 2.75) is 72.6 Å². The van der Waals surface area contributed by atoms with Gasteiger partial charge in [-0.2, -0.15) is 0 Å². The van der Waals surface area contributed by atoms with E-state index in [-0.39, 0.29) is 10.8 Å². The standard InChI is InChI=1S/C30H34/c1-17-13-21-22-14-18(2)16-24-26(30(6,7)8)12-10-20(28(22)24)19-9-11-25(29(3,4)5)23(15-17)27(19)21/h9-15,18H,16H2,1-8H3. The lowest BCUT2D eigenvalue weighted by Gasteiger charge is -2.29. The van der Waals surface area contributed by atoms with E-state index >= 15 is 0 Å². The summed E-state index contributed by atoms with van der Waals surface area (Å²) in [5, 5.41) is 10.1. The smallest absolute Gasteiger partial charge is 0.00233 e. The maximum atomic E-state index is 2.54. The fourth-order valence-electron chi connectivity index (χ4n) is 5.79. The molecule has 0 heterocycles. The van der Waals surface area contributed by atoms with Crippen molar-refractivity contribution in [3.8, 4) is 0 Å². The Labute approximate surface area is 181 Å². The van der Waals surface area contributed by atoms with Gasteiger partial charge < -0.3 is 0 Å². The van der Waals surface area contributed by atoms with Crippen LogP contribution < -0.4 is 5.22 Å². The van der Waals surface area contributed by atoms with E-state index in [9.17, 15) is 0 Å². The first-order valence-corrected chi connectivity index (χ1v) is 11.4. The van der Waals surface area contributed by atoms with E-state index in [2.05, 4.69) is 97.9 Å². The van der Waals surface area contributed by atoms with Gasteiger partial charge in [-0.3, -0.25) is 0 Å². The third-order valence-corrected chi connectivity index (χ3v) is 7.01. The number of benzene rings is 4. The Hall–Kier alpha value is -2.34. The number of aryl methyl sites for hydroxylation is 1. The highest BCUT2D eigenvalue weighted by Gasteiger charge is 2.26. The summed E-state index contributed by atoms with van der Waals surface area (Å²) in [6.07, 6.45) is 3.68. The lowest BCUT2D eigenvalue weighted by atomic mass is 9.75. The first-order valence-electron chi connectivity index (χ1n) is 11.4. The van der Waals surface area contributed by atoms with Crippen LogP contribution in [-0.4, -0.2) is 0 Å². The Morgan fingerprint density at radius 2 is 1.27 bits per heavy atom. The molecule has 0 saturated carbocycles. The largest absolute Gasteiger partial charge is 0.0728 e. The molecule has 5 rings (SSSR count). The summed E-state index contributed by atoms with van der Waals surface area (Å²) in [6.45, 7) is 18.7. The summed E-state index contributed by atoms with van der Waals surface area (Å²) in [4.78, 5) is 0. The van der Waals surface area contributed by atoms with Crippen LogP contribution in [0.15, 0.2) is 36.4 Å². The topological polar surface area (TPSA) is 0 Å². The van der Waals surface area contributed by atoms with Gasteiger partial charge in [-0.05, 0) is 89.9 Å². The average Bonchev–Trinajstić information content (AvgIpc) is 2.62. The van der Waals surface area contributed by atoms with Crippen molar-refractivity contribution in [1.82, 2.24) is 0 Å². The molecular weight excluding hydrogens is 360 g/mol. The van der Waals surface area contributed by atoms with Gasteiger partial charge in [0.1, 0.15) is 0 Å². The third kappa shape index (κ3) is 2.73. The van der Waals surface area contributed by atoms with Crippen molar-refractivity contribution < 1.29 is 0 Å². The summed E-state index contributed by atoms with van der Waals surface area (Å²) in [7, 11) is 0. The Morgan fingerprint density at radius 3 is 1.90 bits per heavy atom. The van der Waals surface area contributed by atoms with Crippen LogP contribution in [-0.2, 0) is 17.3 Å². The SMILES string of the molecule is Cc1cc2c(C(C)(C)C)ccc3c4ccc(C(C)(C)C)c5c4c(c(c1)c23)=CC(C)C5. The molecule has 4 aromatic rings. The van der Waals surface area contributed by atoms with E-state index in [0.29, 0.717) is 5.92 Å². The molecule has 0 saturated heterocycles. The summed E-state index contributed by atoms with van der Waals surface area (Å²) < 4.78 is 0. The van der Waals surface area contributed by atoms with Crippen LogP contribution in [0.3, 0.4) is 0 Å². The van der Waals surface area contributed by atoms with Gasteiger partial charge in [0, 0.05) is 0 Å². The van der Waals surface area contributed by atoms with E-state index in [1.54, 1.807) is 5.56 Å². The van der Waals surface area contributed by atoms with Gasteiger partial charge in [0.15, 0.2) is 0 Å². The Morgan fingerprint density at radius 1 is 0.700 bits per heavy atom. The second-order valence-electron chi connectivity index (χ2n) is 11.7. The van der Waals surface area contributed by atoms with Crippen LogP contribution in [0.2, 0.25) is 0 Å². The number of hydrogen-bond acceptors (Lipinski definition) is 0. The van der Waals surface area contributed by atoms with E-state index in [1.165, 1.54) is 54.2 Å². The molecule has 0 amide bonds. The predicted molar refractivity (Wildman–Crippen MR) is 134 cm³/mol. The van der Waals surface area contributed by atoms with Crippen LogP contribution in [0.5, 0.6) is 0 Å². The first kappa shape index (κ1) is 19.6. The van der Waals surface area contributed by atoms with Gasteiger partial charge in [0.2, 0.25) is 0 Å². The van der Waals surface area contributed by atoms with Gasteiger partial charge in [-0.15, -0.1) is 0 Å². The fraction of sp³-hybridized carbons (Fsp3) is 0.400. The monoisotopic (exact) mass is 394 g/mol. The highest BCUT2D eigenvalue weighted by Crippen LogP contribution is 2.41.